The molecule has 6 heteroatoms. The van der Waals surface area contributed by atoms with Crippen molar-refractivity contribution in [3.8, 4) is 0 Å². The van der Waals surface area contributed by atoms with Gasteiger partial charge in [0, 0.05) is 23.2 Å². The lowest BCUT2D eigenvalue weighted by molar-refractivity contribution is -0.125. The minimum absolute atomic E-state index is 0.0443. The number of rotatable bonds is 4. The molecular weight excluding hydrogens is 352 g/mol. The molecule has 1 aliphatic rings. The lowest BCUT2D eigenvalue weighted by Crippen LogP contribution is -2.42. The Hall–Kier alpha value is -2.63. The number of para-hydroxylation sites is 1. The van der Waals surface area contributed by atoms with E-state index < -0.39 is 0 Å². The monoisotopic (exact) mass is 380 g/mol. The molecule has 1 unspecified atom stereocenters. The lowest BCUT2D eigenvalue weighted by Gasteiger charge is -2.29. The molecule has 1 aromatic carbocycles. The Morgan fingerprint density at radius 1 is 1.25 bits per heavy atom. The largest absolute Gasteiger partial charge is 0.352 e. The Morgan fingerprint density at radius 3 is 2.68 bits per heavy atom. The standard InChI is InChI=1S/C22H28N4O2/c1-4-18(22(28)23-16-11-9-14(2)10-12-16)26-19-8-6-5-7-17(19)21-24-20(27)13-15(3)25(21)26/h5-8,13-14,16,18H,4,9-12H2,1-3H3,(H,23,28). The van der Waals surface area contributed by atoms with Crippen molar-refractivity contribution in [2.75, 3.05) is 0 Å². The van der Waals surface area contributed by atoms with Crippen LogP contribution in [0.1, 0.15) is 57.7 Å². The highest BCUT2D eigenvalue weighted by Crippen LogP contribution is 2.28. The summed E-state index contributed by atoms with van der Waals surface area (Å²) in [6.07, 6.45) is 5.09. The normalized spacial score (nSPS) is 21.1. The summed E-state index contributed by atoms with van der Waals surface area (Å²) in [7, 11) is 0. The number of nitrogens with zero attached hydrogens (tertiary/aromatic N) is 3. The van der Waals surface area contributed by atoms with Gasteiger partial charge in [0.25, 0.3) is 5.56 Å². The van der Waals surface area contributed by atoms with Crippen molar-refractivity contribution >= 4 is 22.5 Å². The molecule has 0 aliphatic heterocycles. The van der Waals surface area contributed by atoms with E-state index in [-0.39, 0.29) is 23.6 Å². The highest BCUT2D eigenvalue weighted by Gasteiger charge is 2.27. The number of amides is 1. The molecule has 1 aliphatic carbocycles. The predicted octanol–water partition coefficient (Wildman–Crippen LogP) is 3.60. The number of aromatic nitrogens is 3. The van der Waals surface area contributed by atoms with Gasteiger partial charge in [0.2, 0.25) is 5.91 Å². The number of carbonyl (C=O) groups is 1. The minimum atomic E-state index is -0.357. The van der Waals surface area contributed by atoms with Gasteiger partial charge in [-0.15, -0.1) is 0 Å². The van der Waals surface area contributed by atoms with Crippen LogP contribution in [0.2, 0.25) is 0 Å². The first-order chi connectivity index (χ1) is 13.5. The van der Waals surface area contributed by atoms with Crippen LogP contribution >= 0.6 is 0 Å². The summed E-state index contributed by atoms with van der Waals surface area (Å²) >= 11 is 0. The molecule has 0 radical (unpaired) electrons. The summed E-state index contributed by atoms with van der Waals surface area (Å²) in [6, 6.07) is 9.26. The van der Waals surface area contributed by atoms with Crippen molar-refractivity contribution in [2.45, 2.75) is 65.0 Å². The average molecular weight is 380 g/mol. The van der Waals surface area contributed by atoms with Crippen molar-refractivity contribution in [3.05, 3.63) is 46.4 Å². The summed E-state index contributed by atoms with van der Waals surface area (Å²) in [6.45, 7) is 6.19. The highest BCUT2D eigenvalue weighted by atomic mass is 16.2. The third-order valence-corrected chi connectivity index (χ3v) is 6.04. The number of nitrogens with one attached hydrogen (secondary N) is 1. The molecular formula is C22H28N4O2. The molecule has 0 saturated heterocycles. The summed E-state index contributed by atoms with van der Waals surface area (Å²) in [4.78, 5) is 29.5. The zero-order chi connectivity index (χ0) is 19.8. The summed E-state index contributed by atoms with van der Waals surface area (Å²) in [5, 5.41) is 4.17. The fourth-order valence-corrected chi connectivity index (χ4v) is 4.49. The van der Waals surface area contributed by atoms with Gasteiger partial charge in [-0.25, -0.2) is 4.52 Å². The number of benzene rings is 1. The molecule has 3 aromatic rings. The van der Waals surface area contributed by atoms with Gasteiger partial charge in [-0.2, -0.15) is 4.98 Å². The van der Waals surface area contributed by atoms with Crippen molar-refractivity contribution < 1.29 is 4.79 Å². The number of hydrogen-bond acceptors (Lipinski definition) is 3. The van der Waals surface area contributed by atoms with Crippen LogP contribution in [-0.2, 0) is 4.79 Å². The van der Waals surface area contributed by atoms with E-state index in [4.69, 9.17) is 0 Å². The maximum absolute atomic E-state index is 13.3. The second kappa shape index (κ2) is 7.41. The fraction of sp³-hybridized carbons (Fsp3) is 0.500. The quantitative estimate of drug-likeness (QED) is 0.752. The molecule has 2 heterocycles. The maximum Gasteiger partial charge on any atom is 0.273 e. The van der Waals surface area contributed by atoms with Crippen LogP contribution < -0.4 is 10.9 Å². The first kappa shape index (κ1) is 18.7. The van der Waals surface area contributed by atoms with Crippen LogP contribution in [0, 0.1) is 12.8 Å². The molecule has 1 amide bonds. The number of hydrogen-bond donors (Lipinski definition) is 1. The Labute approximate surface area is 164 Å². The Morgan fingerprint density at radius 2 is 1.96 bits per heavy atom. The summed E-state index contributed by atoms with van der Waals surface area (Å²) < 4.78 is 3.93. The van der Waals surface area contributed by atoms with E-state index in [1.807, 2.05) is 47.3 Å². The van der Waals surface area contributed by atoms with Gasteiger partial charge >= 0.3 is 0 Å². The number of carbonyl (C=O) groups excluding carboxylic acids is 1. The second-order valence-electron chi connectivity index (χ2n) is 8.12. The van der Waals surface area contributed by atoms with Crippen LogP contribution in [0.4, 0.5) is 0 Å². The fourth-order valence-electron chi connectivity index (χ4n) is 4.49. The van der Waals surface area contributed by atoms with E-state index in [2.05, 4.69) is 17.2 Å². The SMILES string of the molecule is CCC(C(=O)NC1CCC(C)CC1)n1c2ccccc2c2nc(=O)cc(C)n21. The number of fused-ring (bicyclic) bond motifs is 3. The van der Waals surface area contributed by atoms with Crippen LogP contribution in [0.5, 0.6) is 0 Å². The molecule has 1 fully saturated rings. The third-order valence-electron chi connectivity index (χ3n) is 6.04. The van der Waals surface area contributed by atoms with Gasteiger partial charge in [-0.3, -0.25) is 14.3 Å². The van der Waals surface area contributed by atoms with Gasteiger partial charge in [0.05, 0.1) is 5.52 Å². The van der Waals surface area contributed by atoms with E-state index in [0.717, 1.165) is 35.4 Å². The van der Waals surface area contributed by atoms with E-state index in [1.165, 1.54) is 18.9 Å². The summed E-state index contributed by atoms with van der Waals surface area (Å²) in [5.74, 6) is 0.792. The van der Waals surface area contributed by atoms with E-state index in [9.17, 15) is 9.59 Å². The molecule has 1 N–H and O–H groups in total. The van der Waals surface area contributed by atoms with Crippen LogP contribution in [0.25, 0.3) is 16.6 Å². The van der Waals surface area contributed by atoms with Gasteiger partial charge < -0.3 is 5.32 Å². The zero-order valence-corrected chi connectivity index (χ0v) is 16.8. The Balaban J connectivity index is 1.79. The number of aryl methyl sites for hydroxylation is 1. The predicted molar refractivity (Wildman–Crippen MR) is 111 cm³/mol. The zero-order valence-electron chi connectivity index (χ0n) is 16.8. The average Bonchev–Trinajstić information content (AvgIpc) is 2.99. The van der Waals surface area contributed by atoms with Crippen molar-refractivity contribution in [3.63, 3.8) is 0 Å². The Bertz CT molecular complexity index is 1070. The topological polar surface area (TPSA) is 68.4 Å². The van der Waals surface area contributed by atoms with Crippen LogP contribution in [-0.4, -0.2) is 26.1 Å². The smallest absolute Gasteiger partial charge is 0.273 e. The molecule has 4 rings (SSSR count). The van der Waals surface area contributed by atoms with Crippen molar-refractivity contribution in [1.82, 2.24) is 19.5 Å². The first-order valence-electron chi connectivity index (χ1n) is 10.3. The van der Waals surface area contributed by atoms with E-state index in [1.54, 1.807) is 0 Å². The van der Waals surface area contributed by atoms with Crippen LogP contribution in [0.3, 0.4) is 0 Å². The Kier molecular flexibility index (Phi) is 4.96. The molecule has 0 spiro atoms. The summed E-state index contributed by atoms with van der Waals surface area (Å²) in [5.41, 5.74) is 2.06. The maximum atomic E-state index is 13.3. The minimum Gasteiger partial charge on any atom is -0.352 e. The molecule has 1 atom stereocenters. The second-order valence-corrected chi connectivity index (χ2v) is 8.12. The van der Waals surface area contributed by atoms with Gasteiger partial charge in [-0.05, 0) is 57.1 Å². The van der Waals surface area contributed by atoms with E-state index in [0.29, 0.717) is 12.1 Å². The molecule has 148 valence electrons. The molecule has 28 heavy (non-hydrogen) atoms. The lowest BCUT2D eigenvalue weighted by atomic mass is 9.87. The van der Waals surface area contributed by atoms with Crippen molar-refractivity contribution in [2.24, 2.45) is 5.92 Å². The first-order valence-corrected chi connectivity index (χ1v) is 10.3. The van der Waals surface area contributed by atoms with E-state index >= 15 is 0 Å². The molecule has 2 aromatic heterocycles. The molecule has 6 nitrogen and oxygen atoms in total. The highest BCUT2D eigenvalue weighted by molar-refractivity contribution is 5.94. The van der Waals surface area contributed by atoms with Gasteiger partial charge in [-0.1, -0.05) is 26.0 Å². The van der Waals surface area contributed by atoms with Crippen LogP contribution in [0.15, 0.2) is 35.1 Å². The van der Waals surface area contributed by atoms with Crippen molar-refractivity contribution in [1.29, 1.82) is 0 Å². The molecule has 1 saturated carbocycles. The van der Waals surface area contributed by atoms with Gasteiger partial charge in [0.15, 0.2) is 5.65 Å². The molecule has 0 bridgehead atoms. The third kappa shape index (κ3) is 3.21. The van der Waals surface area contributed by atoms with Gasteiger partial charge in [0.1, 0.15) is 6.04 Å².